The molecule has 1 aliphatic rings. The van der Waals surface area contributed by atoms with Gasteiger partial charge >= 0.3 is 0 Å². The van der Waals surface area contributed by atoms with E-state index in [9.17, 15) is 0 Å². The second kappa shape index (κ2) is 8.18. The second-order valence-electron chi connectivity index (χ2n) is 6.35. The first kappa shape index (κ1) is 16.8. The van der Waals surface area contributed by atoms with E-state index in [4.69, 9.17) is 15.2 Å². The molecule has 1 fully saturated rings. The van der Waals surface area contributed by atoms with Gasteiger partial charge in [-0.3, -0.25) is 4.90 Å². The lowest BCUT2D eigenvalue weighted by Crippen LogP contribution is -2.36. The first-order valence-electron chi connectivity index (χ1n) is 8.55. The van der Waals surface area contributed by atoms with Crippen LogP contribution in [0.3, 0.4) is 0 Å². The van der Waals surface area contributed by atoms with E-state index in [2.05, 4.69) is 17.0 Å². The molecular weight excluding hydrogens is 300 g/mol. The summed E-state index contributed by atoms with van der Waals surface area (Å²) in [7, 11) is 1.80. The second-order valence-corrected chi connectivity index (χ2v) is 6.35. The number of hydrogen-bond acceptors (Lipinski definition) is 4. The summed E-state index contributed by atoms with van der Waals surface area (Å²) < 4.78 is 11.5. The van der Waals surface area contributed by atoms with E-state index < -0.39 is 0 Å². The highest BCUT2D eigenvalue weighted by atomic mass is 16.5. The minimum atomic E-state index is 0.399. The Morgan fingerprint density at radius 3 is 2.54 bits per heavy atom. The number of benzene rings is 2. The molecule has 0 aromatic heterocycles. The molecule has 4 nitrogen and oxygen atoms in total. The van der Waals surface area contributed by atoms with E-state index in [1.807, 2.05) is 36.4 Å². The topological polar surface area (TPSA) is 47.7 Å². The van der Waals surface area contributed by atoms with Crippen LogP contribution in [0.15, 0.2) is 48.5 Å². The van der Waals surface area contributed by atoms with Gasteiger partial charge in [-0.2, -0.15) is 0 Å². The Labute approximate surface area is 144 Å². The molecule has 24 heavy (non-hydrogen) atoms. The fraction of sp³-hybridized carbons (Fsp3) is 0.400. The van der Waals surface area contributed by atoms with Crippen LogP contribution < -0.4 is 10.5 Å². The van der Waals surface area contributed by atoms with Crippen molar-refractivity contribution < 1.29 is 9.47 Å². The molecule has 2 aromatic carbocycles. The Bertz CT molecular complexity index is 637. The van der Waals surface area contributed by atoms with E-state index in [-0.39, 0.29) is 0 Å². The number of likely N-dealkylation sites (tertiary alicyclic amines) is 1. The lowest BCUT2D eigenvalue weighted by Gasteiger charge is -2.31. The largest absolute Gasteiger partial charge is 0.489 e. The third kappa shape index (κ3) is 4.49. The highest BCUT2D eigenvalue weighted by Gasteiger charge is 2.19. The van der Waals surface area contributed by atoms with E-state index in [0.717, 1.165) is 49.5 Å². The summed E-state index contributed by atoms with van der Waals surface area (Å²) in [5, 5.41) is 0. The van der Waals surface area contributed by atoms with E-state index >= 15 is 0 Å². The minimum absolute atomic E-state index is 0.399. The molecule has 2 N–H and O–H groups in total. The maximum Gasteiger partial charge on any atom is 0.124 e. The van der Waals surface area contributed by atoms with E-state index in [1.54, 1.807) is 7.11 Å². The van der Waals surface area contributed by atoms with Crippen LogP contribution in [-0.4, -0.2) is 31.2 Å². The smallest absolute Gasteiger partial charge is 0.124 e. The molecule has 0 amide bonds. The van der Waals surface area contributed by atoms with Gasteiger partial charge in [-0.25, -0.2) is 0 Å². The highest BCUT2D eigenvalue weighted by Crippen LogP contribution is 2.25. The number of methoxy groups -OCH3 is 1. The average molecular weight is 326 g/mol. The summed E-state index contributed by atoms with van der Waals surface area (Å²) in [5.74, 6) is 0.918. The van der Waals surface area contributed by atoms with Crippen molar-refractivity contribution in [3.8, 4) is 5.75 Å². The maximum atomic E-state index is 6.06. The zero-order valence-corrected chi connectivity index (χ0v) is 14.3. The molecule has 0 unspecified atom stereocenters. The Morgan fingerprint density at radius 1 is 1.08 bits per heavy atom. The van der Waals surface area contributed by atoms with Crippen LogP contribution in [0.4, 0.5) is 5.69 Å². The zero-order valence-electron chi connectivity index (χ0n) is 14.3. The quantitative estimate of drug-likeness (QED) is 0.826. The average Bonchev–Trinajstić information content (AvgIpc) is 2.62. The van der Waals surface area contributed by atoms with Gasteiger partial charge in [0.15, 0.2) is 0 Å². The molecule has 128 valence electrons. The summed E-state index contributed by atoms with van der Waals surface area (Å²) in [6, 6.07) is 16.1. The number of nitrogen functional groups attached to an aromatic ring is 1. The maximum absolute atomic E-state index is 6.06. The Kier molecular flexibility index (Phi) is 5.72. The van der Waals surface area contributed by atoms with Gasteiger partial charge in [0.1, 0.15) is 12.4 Å². The molecule has 0 aliphatic carbocycles. The third-order valence-corrected chi connectivity index (χ3v) is 4.58. The minimum Gasteiger partial charge on any atom is -0.489 e. The van der Waals surface area contributed by atoms with Crippen molar-refractivity contribution >= 4 is 5.69 Å². The van der Waals surface area contributed by atoms with Gasteiger partial charge in [0.2, 0.25) is 0 Å². The molecule has 2 aromatic rings. The van der Waals surface area contributed by atoms with Crippen molar-refractivity contribution in [1.82, 2.24) is 4.90 Å². The molecule has 3 rings (SSSR count). The fourth-order valence-corrected chi connectivity index (χ4v) is 3.14. The van der Waals surface area contributed by atoms with Gasteiger partial charge in [-0.1, -0.05) is 30.3 Å². The van der Waals surface area contributed by atoms with Gasteiger partial charge < -0.3 is 15.2 Å². The van der Waals surface area contributed by atoms with Gasteiger partial charge in [0, 0.05) is 38.0 Å². The predicted octanol–water partition coefficient (Wildman–Crippen LogP) is 3.46. The van der Waals surface area contributed by atoms with Gasteiger partial charge in [0.25, 0.3) is 0 Å². The number of hydrogen-bond donors (Lipinski definition) is 1. The summed E-state index contributed by atoms with van der Waals surface area (Å²) in [4.78, 5) is 2.44. The molecule has 0 radical (unpaired) electrons. The fourth-order valence-electron chi connectivity index (χ4n) is 3.14. The Balaban J connectivity index is 1.65. The Morgan fingerprint density at radius 2 is 1.83 bits per heavy atom. The van der Waals surface area contributed by atoms with Crippen LogP contribution >= 0.6 is 0 Å². The monoisotopic (exact) mass is 326 g/mol. The lowest BCUT2D eigenvalue weighted by molar-refractivity contribution is 0.0386. The van der Waals surface area contributed by atoms with Crippen LogP contribution in [0, 0.1) is 0 Å². The third-order valence-electron chi connectivity index (χ3n) is 4.58. The number of nitrogens with zero attached hydrogens (tertiary/aromatic N) is 1. The SMILES string of the molecule is COC1CCN(Cc2cc(N)ccc2OCc2ccccc2)CC1. The van der Waals surface area contributed by atoms with Gasteiger partial charge in [-0.05, 0) is 36.6 Å². The molecule has 1 aliphatic heterocycles. The molecule has 4 heteroatoms. The van der Waals surface area contributed by atoms with Gasteiger partial charge in [0.05, 0.1) is 6.10 Å². The van der Waals surface area contributed by atoms with Crippen LogP contribution in [0.1, 0.15) is 24.0 Å². The van der Waals surface area contributed by atoms with Crippen molar-refractivity contribution in [2.75, 3.05) is 25.9 Å². The zero-order chi connectivity index (χ0) is 16.8. The molecule has 0 saturated carbocycles. The summed E-state index contributed by atoms with van der Waals surface area (Å²) >= 11 is 0. The molecule has 0 spiro atoms. The standard InChI is InChI=1S/C20H26N2O2/c1-23-19-9-11-22(12-10-19)14-17-13-18(21)7-8-20(17)24-15-16-5-3-2-4-6-16/h2-8,13,19H,9-12,14-15,21H2,1H3. The summed E-state index contributed by atoms with van der Waals surface area (Å²) in [6.45, 7) is 3.53. The normalized spacial score (nSPS) is 16.2. The van der Waals surface area contributed by atoms with Crippen LogP contribution in [0.5, 0.6) is 5.75 Å². The number of rotatable bonds is 6. The number of anilines is 1. The number of ether oxygens (including phenoxy) is 2. The number of piperidine rings is 1. The highest BCUT2D eigenvalue weighted by molar-refractivity contribution is 5.48. The van der Waals surface area contributed by atoms with Crippen molar-refractivity contribution in [1.29, 1.82) is 0 Å². The summed E-state index contributed by atoms with van der Waals surface area (Å²) in [6.07, 6.45) is 2.56. The van der Waals surface area contributed by atoms with Crippen molar-refractivity contribution in [3.05, 3.63) is 59.7 Å². The lowest BCUT2D eigenvalue weighted by atomic mass is 10.1. The van der Waals surface area contributed by atoms with Gasteiger partial charge in [-0.15, -0.1) is 0 Å². The molecular formula is C20H26N2O2. The molecule has 1 heterocycles. The van der Waals surface area contributed by atoms with Crippen LogP contribution in [0.25, 0.3) is 0 Å². The van der Waals surface area contributed by atoms with E-state index in [0.29, 0.717) is 12.7 Å². The van der Waals surface area contributed by atoms with Crippen molar-refractivity contribution in [2.24, 2.45) is 0 Å². The summed E-state index contributed by atoms with van der Waals surface area (Å²) in [5.41, 5.74) is 9.09. The van der Waals surface area contributed by atoms with E-state index in [1.165, 1.54) is 5.56 Å². The predicted molar refractivity (Wildman–Crippen MR) is 96.9 cm³/mol. The van der Waals surface area contributed by atoms with Crippen LogP contribution in [-0.2, 0) is 17.9 Å². The van der Waals surface area contributed by atoms with Crippen LogP contribution in [0.2, 0.25) is 0 Å². The molecule has 0 bridgehead atoms. The first-order valence-corrected chi connectivity index (χ1v) is 8.55. The molecule has 1 saturated heterocycles. The Hall–Kier alpha value is -2.04. The van der Waals surface area contributed by atoms with Crippen molar-refractivity contribution in [3.63, 3.8) is 0 Å². The number of nitrogens with two attached hydrogens (primary N) is 1. The molecule has 0 atom stereocenters. The first-order chi connectivity index (χ1) is 11.7. The van der Waals surface area contributed by atoms with Crippen molar-refractivity contribution in [2.45, 2.75) is 32.1 Å².